The fraction of sp³-hybridized carbons (Fsp3) is 0.500. The van der Waals surface area contributed by atoms with Crippen molar-refractivity contribution in [2.45, 2.75) is 37.1 Å². The predicted octanol–water partition coefficient (Wildman–Crippen LogP) is 2.30. The van der Waals surface area contributed by atoms with Gasteiger partial charge in [-0.25, -0.2) is 4.39 Å². The molecule has 1 aliphatic rings. The van der Waals surface area contributed by atoms with Crippen molar-refractivity contribution < 1.29 is 9.18 Å². The summed E-state index contributed by atoms with van der Waals surface area (Å²) in [4.78, 5) is 11.1. The zero-order valence-corrected chi connectivity index (χ0v) is 11.8. The van der Waals surface area contributed by atoms with Crippen LogP contribution in [-0.4, -0.2) is 23.5 Å². The van der Waals surface area contributed by atoms with Gasteiger partial charge in [-0.3, -0.25) is 4.79 Å². The first kappa shape index (κ1) is 14.3. The molecule has 0 bridgehead atoms. The highest BCUT2D eigenvalue weighted by Crippen LogP contribution is 2.28. The largest absolute Gasteiger partial charge is 0.366 e. The smallest absolute Gasteiger partial charge is 0.248 e. The summed E-state index contributed by atoms with van der Waals surface area (Å²) in [6, 6.07) is 4.68. The molecule has 0 aliphatic heterocycles. The van der Waals surface area contributed by atoms with Crippen LogP contribution in [0.15, 0.2) is 18.2 Å². The average Bonchev–Trinajstić information content (AvgIpc) is 2.85. The molecule has 3 N–H and O–H groups in total. The summed E-state index contributed by atoms with van der Waals surface area (Å²) in [6.45, 7) is 0.439. The van der Waals surface area contributed by atoms with E-state index in [2.05, 4.69) is 11.6 Å². The van der Waals surface area contributed by atoms with Crippen molar-refractivity contribution in [3.63, 3.8) is 0 Å². The highest BCUT2D eigenvalue weighted by molar-refractivity contribution is 7.99. The molecule has 1 fully saturated rings. The zero-order chi connectivity index (χ0) is 13.8. The van der Waals surface area contributed by atoms with E-state index in [0.717, 1.165) is 6.42 Å². The summed E-state index contributed by atoms with van der Waals surface area (Å²) < 4.78 is 13.7. The highest BCUT2D eigenvalue weighted by atomic mass is 32.2. The maximum Gasteiger partial charge on any atom is 0.248 e. The van der Waals surface area contributed by atoms with Crippen molar-refractivity contribution in [1.29, 1.82) is 0 Å². The number of carbonyl (C=O) groups is 1. The predicted molar refractivity (Wildman–Crippen MR) is 76.7 cm³/mol. The van der Waals surface area contributed by atoms with Crippen LogP contribution in [0.5, 0.6) is 0 Å². The average molecular weight is 282 g/mol. The van der Waals surface area contributed by atoms with E-state index in [4.69, 9.17) is 5.73 Å². The molecule has 19 heavy (non-hydrogen) atoms. The summed E-state index contributed by atoms with van der Waals surface area (Å²) in [5.74, 6) is -0.819. The molecule has 0 spiro atoms. The summed E-state index contributed by atoms with van der Waals surface area (Å²) in [7, 11) is 0. The molecular formula is C14H19FN2OS. The molecule has 0 aromatic heterocycles. The van der Waals surface area contributed by atoms with Gasteiger partial charge >= 0.3 is 0 Å². The van der Waals surface area contributed by atoms with Gasteiger partial charge in [0.2, 0.25) is 5.91 Å². The molecule has 5 heteroatoms. The van der Waals surface area contributed by atoms with Crippen LogP contribution in [0, 0.1) is 5.82 Å². The van der Waals surface area contributed by atoms with E-state index >= 15 is 0 Å². The monoisotopic (exact) mass is 282 g/mol. The van der Waals surface area contributed by atoms with E-state index in [-0.39, 0.29) is 5.82 Å². The minimum atomic E-state index is -0.524. The normalized spacial score (nSPS) is 22.6. The number of thioether (sulfide) groups is 1. The molecule has 2 rings (SSSR count). The van der Waals surface area contributed by atoms with Crippen LogP contribution in [0.1, 0.15) is 35.2 Å². The molecule has 0 heterocycles. The Morgan fingerprint density at radius 2 is 2.32 bits per heavy atom. The van der Waals surface area contributed by atoms with Crippen molar-refractivity contribution in [3.05, 3.63) is 35.1 Å². The highest BCUT2D eigenvalue weighted by Gasteiger charge is 2.25. The number of amides is 1. The maximum absolute atomic E-state index is 13.7. The summed E-state index contributed by atoms with van der Waals surface area (Å²) in [6.07, 6.45) is 5.66. The van der Waals surface area contributed by atoms with Gasteiger partial charge < -0.3 is 11.1 Å². The fourth-order valence-electron chi connectivity index (χ4n) is 2.55. The van der Waals surface area contributed by atoms with Gasteiger partial charge in [-0.1, -0.05) is 6.42 Å². The Hall–Kier alpha value is -1.07. The van der Waals surface area contributed by atoms with E-state index in [1.165, 1.54) is 31.0 Å². The van der Waals surface area contributed by atoms with Crippen LogP contribution in [0.25, 0.3) is 0 Å². The fourth-order valence-corrected chi connectivity index (χ4v) is 3.51. The van der Waals surface area contributed by atoms with Crippen LogP contribution in [-0.2, 0) is 6.54 Å². The number of primary amides is 1. The van der Waals surface area contributed by atoms with E-state index in [0.29, 0.717) is 29.0 Å². The zero-order valence-electron chi connectivity index (χ0n) is 11.0. The number of carbonyl (C=O) groups excluding carboxylic acids is 1. The van der Waals surface area contributed by atoms with E-state index in [9.17, 15) is 9.18 Å². The molecule has 2 unspecified atom stereocenters. The van der Waals surface area contributed by atoms with Crippen molar-refractivity contribution >= 4 is 17.7 Å². The van der Waals surface area contributed by atoms with Gasteiger partial charge in [0.25, 0.3) is 0 Å². The minimum absolute atomic E-state index is 0.295. The Kier molecular flexibility index (Phi) is 4.82. The summed E-state index contributed by atoms with van der Waals surface area (Å²) >= 11 is 1.86. The molecule has 1 aromatic carbocycles. The third-order valence-corrected chi connectivity index (χ3v) is 4.81. The van der Waals surface area contributed by atoms with Gasteiger partial charge in [-0.2, -0.15) is 11.8 Å². The van der Waals surface area contributed by atoms with Gasteiger partial charge in [0, 0.05) is 29.0 Å². The van der Waals surface area contributed by atoms with Crippen LogP contribution in [0.3, 0.4) is 0 Å². The Balaban J connectivity index is 2.02. The third kappa shape index (κ3) is 3.48. The Morgan fingerprint density at radius 3 is 3.00 bits per heavy atom. The first-order valence-corrected chi connectivity index (χ1v) is 7.75. The standard InChI is InChI=1S/C14H19FN2OS/c1-19-13-4-2-3-12(13)17-8-10-7-9(14(16)18)5-6-11(10)15/h5-7,12-13,17H,2-4,8H2,1H3,(H2,16,18). The summed E-state index contributed by atoms with van der Waals surface area (Å²) in [5, 5.41) is 3.99. The van der Waals surface area contributed by atoms with Gasteiger partial charge in [0.15, 0.2) is 0 Å². The van der Waals surface area contributed by atoms with Gasteiger partial charge in [-0.15, -0.1) is 0 Å². The van der Waals surface area contributed by atoms with Crippen molar-refractivity contribution in [2.24, 2.45) is 5.73 Å². The molecule has 1 aliphatic carbocycles. The maximum atomic E-state index is 13.7. The molecule has 104 valence electrons. The van der Waals surface area contributed by atoms with Crippen LogP contribution in [0.2, 0.25) is 0 Å². The summed E-state index contributed by atoms with van der Waals surface area (Å²) in [5.41, 5.74) is 6.07. The minimum Gasteiger partial charge on any atom is -0.366 e. The van der Waals surface area contributed by atoms with E-state index in [1.54, 1.807) is 0 Å². The molecule has 2 atom stereocenters. The second-order valence-electron chi connectivity index (χ2n) is 4.86. The molecule has 0 radical (unpaired) electrons. The molecule has 1 amide bonds. The molecule has 0 saturated heterocycles. The van der Waals surface area contributed by atoms with Crippen molar-refractivity contribution in [2.75, 3.05) is 6.26 Å². The third-order valence-electron chi connectivity index (χ3n) is 3.64. The van der Waals surface area contributed by atoms with Crippen LogP contribution >= 0.6 is 11.8 Å². The van der Waals surface area contributed by atoms with Gasteiger partial charge in [0.05, 0.1) is 0 Å². The Bertz CT molecular complexity index is 467. The number of hydrogen-bond donors (Lipinski definition) is 2. The topological polar surface area (TPSA) is 55.1 Å². The molecule has 3 nitrogen and oxygen atoms in total. The first-order valence-electron chi connectivity index (χ1n) is 6.46. The molecular weight excluding hydrogens is 263 g/mol. The van der Waals surface area contributed by atoms with E-state index in [1.807, 2.05) is 11.8 Å². The van der Waals surface area contributed by atoms with Crippen molar-refractivity contribution in [1.82, 2.24) is 5.32 Å². The van der Waals surface area contributed by atoms with Crippen molar-refractivity contribution in [3.8, 4) is 0 Å². The molecule has 1 aromatic rings. The number of halogens is 1. The van der Waals surface area contributed by atoms with Gasteiger partial charge in [-0.05, 0) is 37.3 Å². The van der Waals surface area contributed by atoms with Gasteiger partial charge in [0.1, 0.15) is 5.82 Å². The molecule has 1 saturated carbocycles. The Morgan fingerprint density at radius 1 is 1.53 bits per heavy atom. The SMILES string of the molecule is CSC1CCCC1NCc1cc(C(N)=O)ccc1F. The number of benzene rings is 1. The lowest BCUT2D eigenvalue weighted by Gasteiger charge is -2.19. The van der Waals surface area contributed by atoms with Crippen LogP contribution in [0.4, 0.5) is 4.39 Å². The number of hydrogen-bond acceptors (Lipinski definition) is 3. The lowest BCUT2D eigenvalue weighted by atomic mass is 10.1. The van der Waals surface area contributed by atoms with Crippen LogP contribution < -0.4 is 11.1 Å². The quantitative estimate of drug-likeness (QED) is 0.871. The second-order valence-corrected chi connectivity index (χ2v) is 5.94. The lowest BCUT2D eigenvalue weighted by Crippen LogP contribution is -2.33. The van der Waals surface area contributed by atoms with E-state index < -0.39 is 5.91 Å². The number of nitrogens with two attached hydrogens (primary N) is 1. The Labute approximate surface area is 117 Å². The number of rotatable bonds is 5. The lowest BCUT2D eigenvalue weighted by molar-refractivity contribution is 0.1000. The second kappa shape index (κ2) is 6.39. The number of nitrogens with one attached hydrogen (secondary N) is 1. The first-order chi connectivity index (χ1) is 9.11.